The zero-order valence-corrected chi connectivity index (χ0v) is 13.1. The summed E-state index contributed by atoms with van der Waals surface area (Å²) in [6.45, 7) is 6.18. The van der Waals surface area contributed by atoms with Gasteiger partial charge in [-0.15, -0.1) is 0 Å². The summed E-state index contributed by atoms with van der Waals surface area (Å²) in [6, 6.07) is 4.46. The molecule has 0 spiro atoms. The molecule has 1 aromatic rings. The quantitative estimate of drug-likeness (QED) is 0.848. The summed E-state index contributed by atoms with van der Waals surface area (Å²) in [5.41, 5.74) is 6.16. The molecule has 4 nitrogen and oxygen atoms in total. The molecule has 0 aromatic heterocycles. The highest BCUT2D eigenvalue weighted by molar-refractivity contribution is 7.89. The molecule has 3 N–H and O–H groups in total. The average Bonchev–Trinajstić information content (AvgIpc) is 2.27. The van der Waals surface area contributed by atoms with Crippen LogP contribution in [0.4, 0.5) is 0 Å². The second-order valence-electron chi connectivity index (χ2n) is 5.11. The molecule has 6 heteroatoms. The van der Waals surface area contributed by atoms with Crippen LogP contribution in [0.1, 0.15) is 32.8 Å². The molecular formula is C13H21ClN2O2S. The van der Waals surface area contributed by atoms with Gasteiger partial charge in [-0.3, -0.25) is 0 Å². The smallest absolute Gasteiger partial charge is 0.240 e. The zero-order chi connectivity index (χ0) is 14.6. The summed E-state index contributed by atoms with van der Waals surface area (Å²) >= 11 is 5.93. The third-order valence-corrected chi connectivity index (χ3v) is 4.68. The summed E-state index contributed by atoms with van der Waals surface area (Å²) in [5, 5.41) is 0.483. The Balaban J connectivity index is 2.94. The first-order chi connectivity index (χ1) is 8.76. The number of hydrogen-bond donors (Lipinski definition) is 2. The standard InChI is InChI=1S/C13H21ClN2O2S/c1-9(2)6-10(3)16-19(17,18)12-4-5-13(14)11(7-12)8-15/h4-5,7,9-10,16H,6,8,15H2,1-3H3. The molecule has 0 radical (unpaired) electrons. The third-order valence-electron chi connectivity index (χ3n) is 2.73. The summed E-state index contributed by atoms with van der Waals surface area (Å²) in [7, 11) is -3.52. The van der Waals surface area contributed by atoms with Crippen LogP contribution < -0.4 is 10.5 Å². The summed E-state index contributed by atoms with van der Waals surface area (Å²) in [6.07, 6.45) is 0.788. The molecule has 108 valence electrons. The van der Waals surface area contributed by atoms with E-state index in [1.807, 2.05) is 6.92 Å². The van der Waals surface area contributed by atoms with Crippen molar-refractivity contribution in [2.45, 2.75) is 44.7 Å². The molecule has 1 aromatic carbocycles. The van der Waals surface area contributed by atoms with Crippen LogP contribution in [0.15, 0.2) is 23.1 Å². The van der Waals surface area contributed by atoms with Gasteiger partial charge in [0, 0.05) is 17.6 Å². The van der Waals surface area contributed by atoms with Gasteiger partial charge in [-0.1, -0.05) is 25.4 Å². The fourth-order valence-corrected chi connectivity index (χ4v) is 3.46. The van der Waals surface area contributed by atoms with Crippen molar-refractivity contribution in [2.75, 3.05) is 0 Å². The van der Waals surface area contributed by atoms with Crippen LogP contribution in [0.5, 0.6) is 0 Å². The van der Waals surface area contributed by atoms with Crippen LogP contribution in [-0.2, 0) is 16.6 Å². The van der Waals surface area contributed by atoms with E-state index in [1.165, 1.54) is 12.1 Å². The largest absolute Gasteiger partial charge is 0.326 e. The lowest BCUT2D eigenvalue weighted by atomic mass is 10.1. The van der Waals surface area contributed by atoms with E-state index < -0.39 is 10.0 Å². The highest BCUT2D eigenvalue weighted by Crippen LogP contribution is 2.20. The third kappa shape index (κ3) is 4.76. The molecule has 0 fully saturated rings. The van der Waals surface area contributed by atoms with Crippen LogP contribution in [0.25, 0.3) is 0 Å². The van der Waals surface area contributed by atoms with Crippen LogP contribution in [0.3, 0.4) is 0 Å². The van der Waals surface area contributed by atoms with Crippen LogP contribution in [-0.4, -0.2) is 14.5 Å². The van der Waals surface area contributed by atoms with E-state index in [2.05, 4.69) is 18.6 Å². The monoisotopic (exact) mass is 304 g/mol. The van der Waals surface area contributed by atoms with Crippen molar-refractivity contribution in [1.82, 2.24) is 4.72 Å². The zero-order valence-electron chi connectivity index (χ0n) is 11.5. The van der Waals surface area contributed by atoms with Crippen molar-refractivity contribution in [1.29, 1.82) is 0 Å². The van der Waals surface area contributed by atoms with Gasteiger partial charge in [0.25, 0.3) is 0 Å². The SMILES string of the molecule is CC(C)CC(C)NS(=O)(=O)c1ccc(Cl)c(CN)c1. The summed E-state index contributed by atoms with van der Waals surface area (Å²) in [5.74, 6) is 0.433. The molecule has 0 heterocycles. The van der Waals surface area contributed by atoms with Crippen molar-refractivity contribution in [3.05, 3.63) is 28.8 Å². The highest BCUT2D eigenvalue weighted by atomic mass is 35.5. The second kappa shape index (κ2) is 6.70. The Morgan fingerprint density at radius 2 is 1.95 bits per heavy atom. The van der Waals surface area contributed by atoms with Crippen molar-refractivity contribution in [3.63, 3.8) is 0 Å². The average molecular weight is 305 g/mol. The van der Waals surface area contributed by atoms with Gasteiger partial charge in [0.2, 0.25) is 10.0 Å². The molecule has 1 atom stereocenters. The molecule has 0 amide bonds. The summed E-state index contributed by atoms with van der Waals surface area (Å²) < 4.78 is 27.1. The number of hydrogen-bond acceptors (Lipinski definition) is 3. The first kappa shape index (κ1) is 16.4. The van der Waals surface area contributed by atoms with Crippen molar-refractivity contribution in [2.24, 2.45) is 11.7 Å². The first-order valence-corrected chi connectivity index (χ1v) is 8.13. The van der Waals surface area contributed by atoms with E-state index in [9.17, 15) is 8.42 Å². The minimum atomic E-state index is -3.52. The maximum Gasteiger partial charge on any atom is 0.240 e. The fourth-order valence-electron chi connectivity index (χ4n) is 1.96. The van der Waals surface area contributed by atoms with Gasteiger partial charge in [-0.2, -0.15) is 0 Å². The Kier molecular flexibility index (Phi) is 5.80. The van der Waals surface area contributed by atoms with E-state index in [0.717, 1.165) is 6.42 Å². The fraction of sp³-hybridized carbons (Fsp3) is 0.538. The number of nitrogens with two attached hydrogens (primary N) is 1. The van der Waals surface area contributed by atoms with Crippen LogP contribution in [0.2, 0.25) is 5.02 Å². The van der Waals surface area contributed by atoms with Gasteiger partial charge < -0.3 is 5.73 Å². The van der Waals surface area contributed by atoms with E-state index >= 15 is 0 Å². The molecule has 1 rings (SSSR count). The Hall–Kier alpha value is -0.620. The van der Waals surface area contributed by atoms with Gasteiger partial charge in [-0.25, -0.2) is 13.1 Å². The van der Waals surface area contributed by atoms with Gasteiger partial charge in [0.1, 0.15) is 0 Å². The van der Waals surface area contributed by atoms with Gasteiger partial charge in [0.05, 0.1) is 4.90 Å². The van der Waals surface area contributed by atoms with E-state index in [4.69, 9.17) is 17.3 Å². The maximum atomic E-state index is 12.2. The lowest BCUT2D eigenvalue weighted by molar-refractivity contribution is 0.482. The molecule has 1 unspecified atom stereocenters. The van der Waals surface area contributed by atoms with Gasteiger partial charge in [0.15, 0.2) is 0 Å². The van der Waals surface area contributed by atoms with E-state index in [0.29, 0.717) is 16.5 Å². The summed E-state index contributed by atoms with van der Waals surface area (Å²) in [4.78, 5) is 0.202. The Bertz CT molecular complexity index is 529. The second-order valence-corrected chi connectivity index (χ2v) is 7.23. The van der Waals surface area contributed by atoms with Gasteiger partial charge in [-0.05, 0) is 43.0 Å². The molecule has 0 aliphatic rings. The van der Waals surface area contributed by atoms with Crippen LogP contribution in [0, 0.1) is 5.92 Å². The number of rotatable bonds is 6. The van der Waals surface area contributed by atoms with Gasteiger partial charge >= 0.3 is 0 Å². The predicted octanol–water partition coefficient (Wildman–Crippen LogP) is 2.51. The molecule has 0 bridgehead atoms. The van der Waals surface area contributed by atoms with Crippen molar-refractivity contribution in [3.8, 4) is 0 Å². The molecule has 0 aliphatic heterocycles. The Morgan fingerprint density at radius 3 is 2.47 bits per heavy atom. The first-order valence-electron chi connectivity index (χ1n) is 6.27. The van der Waals surface area contributed by atoms with Crippen molar-refractivity contribution < 1.29 is 8.42 Å². The molecular weight excluding hydrogens is 284 g/mol. The number of nitrogens with one attached hydrogen (secondary N) is 1. The Morgan fingerprint density at radius 1 is 1.32 bits per heavy atom. The van der Waals surface area contributed by atoms with E-state index in [-0.39, 0.29) is 17.5 Å². The minimum Gasteiger partial charge on any atom is -0.326 e. The van der Waals surface area contributed by atoms with Crippen molar-refractivity contribution >= 4 is 21.6 Å². The Labute approximate surface area is 120 Å². The molecule has 0 saturated heterocycles. The number of halogens is 1. The minimum absolute atomic E-state index is 0.109. The van der Waals surface area contributed by atoms with Crippen LogP contribution >= 0.6 is 11.6 Å². The predicted molar refractivity (Wildman–Crippen MR) is 78.6 cm³/mol. The number of sulfonamides is 1. The highest BCUT2D eigenvalue weighted by Gasteiger charge is 2.18. The molecule has 19 heavy (non-hydrogen) atoms. The molecule has 0 saturated carbocycles. The lowest BCUT2D eigenvalue weighted by Gasteiger charge is -2.16. The van der Waals surface area contributed by atoms with E-state index in [1.54, 1.807) is 6.07 Å². The maximum absolute atomic E-state index is 12.2. The number of benzene rings is 1. The lowest BCUT2D eigenvalue weighted by Crippen LogP contribution is -2.33. The normalized spacial score (nSPS) is 13.8. The topological polar surface area (TPSA) is 72.2 Å². The molecule has 0 aliphatic carbocycles.